The Hall–Kier alpha value is -1.56. The summed E-state index contributed by atoms with van der Waals surface area (Å²) in [5.41, 5.74) is 1.03. The van der Waals surface area contributed by atoms with E-state index in [9.17, 15) is 8.42 Å². The second-order valence-corrected chi connectivity index (χ2v) is 18.7. The Morgan fingerprint density at radius 2 is 1.45 bits per heavy atom. The van der Waals surface area contributed by atoms with Gasteiger partial charge in [-0.3, -0.25) is 0 Å². The van der Waals surface area contributed by atoms with E-state index in [1.165, 1.54) is 10.4 Å². The zero-order valence-electron chi connectivity index (χ0n) is 24.2. The number of methoxy groups -OCH3 is 1. The first-order chi connectivity index (χ1) is 19.1. The summed E-state index contributed by atoms with van der Waals surface area (Å²) < 4.78 is 43.8. The van der Waals surface area contributed by atoms with Crippen LogP contribution in [0.5, 0.6) is 0 Å². The molecule has 0 amide bonds. The lowest BCUT2D eigenvalue weighted by Crippen LogP contribution is -2.66. The summed E-state index contributed by atoms with van der Waals surface area (Å²) in [4.78, 5) is 0.312. The number of hydrogen-bond donors (Lipinski definition) is 0. The largest absolute Gasteiger partial charge is 0.407 e. The Bertz CT molecular complexity index is 1290. The molecule has 5 nitrogen and oxygen atoms in total. The van der Waals surface area contributed by atoms with Crippen LogP contribution in [0.25, 0.3) is 0 Å². The molecule has 4 rings (SSSR count). The average molecular weight is 692 g/mol. The summed E-state index contributed by atoms with van der Waals surface area (Å²) in [5, 5.41) is 2.31. The monoisotopic (exact) mass is 691 g/mol. The van der Waals surface area contributed by atoms with Crippen molar-refractivity contribution in [1.82, 2.24) is 4.31 Å². The first-order valence-electron chi connectivity index (χ1n) is 14.0. The van der Waals surface area contributed by atoms with Crippen molar-refractivity contribution >= 4 is 51.3 Å². The van der Waals surface area contributed by atoms with Crippen LogP contribution in [0.15, 0.2) is 89.8 Å². The fraction of sp³-hybridized carbons (Fsp3) is 0.438. The number of aryl methyl sites for hydroxylation is 1. The van der Waals surface area contributed by atoms with Crippen molar-refractivity contribution in [2.24, 2.45) is 5.92 Å². The van der Waals surface area contributed by atoms with Crippen molar-refractivity contribution in [2.45, 2.75) is 69.2 Å². The highest BCUT2D eigenvalue weighted by Gasteiger charge is 2.51. The third-order valence-corrected chi connectivity index (χ3v) is 16.2. The number of hydrogen-bond acceptors (Lipinski definition) is 4. The van der Waals surface area contributed by atoms with E-state index in [4.69, 9.17) is 9.16 Å². The molecule has 0 bridgehead atoms. The van der Waals surface area contributed by atoms with Gasteiger partial charge in [-0.2, -0.15) is 4.31 Å². The third kappa shape index (κ3) is 6.27. The molecule has 3 atom stereocenters. The molecule has 1 heterocycles. The molecule has 40 heavy (non-hydrogen) atoms. The van der Waals surface area contributed by atoms with Gasteiger partial charge in [-0.15, -0.1) is 0 Å². The van der Waals surface area contributed by atoms with Crippen molar-refractivity contribution in [3.8, 4) is 0 Å². The van der Waals surface area contributed by atoms with Crippen molar-refractivity contribution in [1.29, 1.82) is 0 Å². The third-order valence-electron chi connectivity index (χ3n) is 8.11. The fourth-order valence-corrected chi connectivity index (χ4v) is 13.4. The van der Waals surface area contributed by atoms with E-state index in [1.807, 2.05) is 31.2 Å². The zero-order valence-corrected chi connectivity index (χ0v) is 28.2. The van der Waals surface area contributed by atoms with Gasteiger partial charge in [-0.05, 0) is 53.7 Å². The zero-order chi connectivity index (χ0) is 29.0. The number of nitrogens with zero attached hydrogens (tertiary/aromatic N) is 1. The Labute approximate surface area is 255 Å². The summed E-state index contributed by atoms with van der Waals surface area (Å²) in [6.07, 6.45) is 1.80. The molecule has 1 aliphatic heterocycles. The summed E-state index contributed by atoms with van der Waals surface area (Å²) in [6.45, 7) is 9.22. The van der Waals surface area contributed by atoms with Crippen LogP contribution in [0.1, 0.15) is 45.6 Å². The van der Waals surface area contributed by atoms with E-state index in [-0.39, 0.29) is 17.0 Å². The number of benzene rings is 3. The Balaban J connectivity index is 1.69. The quantitative estimate of drug-likeness (QED) is 0.146. The van der Waals surface area contributed by atoms with E-state index in [2.05, 4.69) is 91.9 Å². The number of piperidine rings is 1. The molecule has 1 aliphatic rings. The Morgan fingerprint density at radius 3 is 1.93 bits per heavy atom. The minimum Gasteiger partial charge on any atom is -0.407 e. The van der Waals surface area contributed by atoms with Crippen LogP contribution in [-0.4, -0.2) is 51.5 Å². The summed E-state index contributed by atoms with van der Waals surface area (Å²) in [5.74, 6) is 0.139. The second kappa shape index (κ2) is 13.2. The van der Waals surface area contributed by atoms with Gasteiger partial charge in [0.25, 0.3) is 8.32 Å². The molecule has 3 aromatic carbocycles. The smallest absolute Gasteiger partial charge is 0.261 e. The summed E-state index contributed by atoms with van der Waals surface area (Å²) >= 11 is 2.35. The maximum atomic E-state index is 14.1. The number of ether oxygens (including phenoxy) is 1. The van der Waals surface area contributed by atoms with E-state index < -0.39 is 24.6 Å². The lowest BCUT2D eigenvalue weighted by atomic mass is 9.93. The first kappa shape index (κ1) is 31.4. The van der Waals surface area contributed by atoms with Gasteiger partial charge in [0, 0.05) is 30.1 Å². The highest BCUT2D eigenvalue weighted by Crippen LogP contribution is 2.39. The lowest BCUT2D eigenvalue weighted by molar-refractivity contribution is -0.0665. The van der Waals surface area contributed by atoms with Crippen LogP contribution in [0, 0.1) is 12.8 Å². The van der Waals surface area contributed by atoms with Gasteiger partial charge in [-0.1, -0.05) is 122 Å². The number of sulfonamides is 1. The molecule has 8 heteroatoms. The highest BCUT2D eigenvalue weighted by atomic mass is 127. The molecular formula is C32H42INO4SSi. The maximum Gasteiger partial charge on any atom is 0.261 e. The minimum absolute atomic E-state index is 0.139. The van der Waals surface area contributed by atoms with Gasteiger partial charge in [0.15, 0.2) is 0 Å². The van der Waals surface area contributed by atoms with E-state index >= 15 is 0 Å². The van der Waals surface area contributed by atoms with Crippen LogP contribution < -0.4 is 10.4 Å². The molecule has 0 radical (unpaired) electrons. The van der Waals surface area contributed by atoms with Gasteiger partial charge < -0.3 is 9.16 Å². The predicted molar refractivity (Wildman–Crippen MR) is 175 cm³/mol. The SMILES string of the molecule is CO[C@H]1[C@H](CI)CC[C@@H](CCO[Si](c2ccccc2)(c2ccccc2)C(C)(C)C)N1S(=O)(=O)c1ccc(C)cc1. The van der Waals surface area contributed by atoms with Crippen LogP contribution >= 0.6 is 22.6 Å². The highest BCUT2D eigenvalue weighted by molar-refractivity contribution is 14.1. The van der Waals surface area contributed by atoms with E-state index in [1.54, 1.807) is 23.5 Å². The number of rotatable bonds is 10. The summed E-state index contributed by atoms with van der Waals surface area (Å²) in [6, 6.07) is 28.1. The van der Waals surface area contributed by atoms with Crippen LogP contribution in [0.3, 0.4) is 0 Å². The Kier molecular flexibility index (Phi) is 10.3. The summed E-state index contributed by atoms with van der Waals surface area (Å²) in [7, 11) is -4.86. The van der Waals surface area contributed by atoms with E-state index in [0.29, 0.717) is 17.9 Å². The molecule has 1 saturated heterocycles. The molecule has 1 fully saturated rings. The molecule has 216 valence electrons. The molecule has 0 saturated carbocycles. The van der Waals surface area contributed by atoms with Crippen molar-refractivity contribution in [2.75, 3.05) is 18.1 Å². The van der Waals surface area contributed by atoms with Gasteiger partial charge >= 0.3 is 0 Å². The van der Waals surface area contributed by atoms with Crippen LogP contribution in [0.2, 0.25) is 5.04 Å². The van der Waals surface area contributed by atoms with E-state index in [0.717, 1.165) is 22.8 Å². The normalized spacial score (nSPS) is 20.9. The Morgan fingerprint density at radius 1 is 0.900 bits per heavy atom. The van der Waals surface area contributed by atoms with Crippen molar-refractivity contribution < 1.29 is 17.6 Å². The van der Waals surface area contributed by atoms with Crippen molar-refractivity contribution in [3.05, 3.63) is 90.5 Å². The molecule has 0 spiro atoms. The molecule has 3 aromatic rings. The standard InChI is InChI=1S/C32H42INO4SSi/c1-25-16-20-28(21-17-25)39(35,36)34-27(19-18-26(24-33)31(34)37-5)22-23-38-40(32(2,3)4,29-12-8-6-9-13-29)30-14-10-7-11-15-30/h6-17,20-21,26-27,31H,18-19,22-24H2,1-5H3/t26-,27-,31-/m0/s1. The van der Waals surface area contributed by atoms with Crippen LogP contribution in [0.4, 0.5) is 0 Å². The molecule has 0 aliphatic carbocycles. The average Bonchev–Trinajstić information content (AvgIpc) is 2.95. The maximum absolute atomic E-state index is 14.1. The topological polar surface area (TPSA) is 55.8 Å². The van der Waals surface area contributed by atoms with Crippen LogP contribution in [-0.2, 0) is 19.2 Å². The molecule has 0 aromatic heterocycles. The minimum atomic E-state index is -3.77. The lowest BCUT2D eigenvalue weighted by Gasteiger charge is -2.45. The van der Waals surface area contributed by atoms with Gasteiger partial charge in [-0.25, -0.2) is 8.42 Å². The second-order valence-electron chi connectivity index (χ2n) is 11.7. The first-order valence-corrected chi connectivity index (χ1v) is 18.9. The van der Waals surface area contributed by atoms with Gasteiger partial charge in [0.05, 0.1) is 4.90 Å². The fourth-order valence-electron chi connectivity index (χ4n) is 6.09. The number of halogens is 1. The van der Waals surface area contributed by atoms with Gasteiger partial charge in [0.1, 0.15) is 6.23 Å². The molecular weight excluding hydrogens is 649 g/mol. The molecule has 0 N–H and O–H groups in total. The number of alkyl halides is 1. The van der Waals surface area contributed by atoms with Gasteiger partial charge in [0.2, 0.25) is 10.0 Å². The molecule has 0 unspecified atom stereocenters. The predicted octanol–water partition coefficient (Wildman–Crippen LogP) is 6.14. The van der Waals surface area contributed by atoms with Crippen molar-refractivity contribution in [3.63, 3.8) is 0 Å².